The zero-order valence-corrected chi connectivity index (χ0v) is 16.9. The average Bonchev–Trinajstić information content (AvgIpc) is 3.28. The maximum atomic E-state index is 12.1. The van der Waals surface area contributed by atoms with Crippen LogP contribution in [0.3, 0.4) is 0 Å². The Morgan fingerprint density at radius 1 is 1.21 bits per heavy atom. The van der Waals surface area contributed by atoms with Crippen LogP contribution in [0.1, 0.15) is 26.4 Å². The quantitative estimate of drug-likeness (QED) is 0.569. The highest BCUT2D eigenvalue weighted by atomic mass is 32.1. The summed E-state index contributed by atoms with van der Waals surface area (Å²) >= 11 is 1.26. The Balaban J connectivity index is 1.55. The minimum atomic E-state index is -0.676. The molecule has 0 radical (unpaired) electrons. The van der Waals surface area contributed by atoms with Crippen molar-refractivity contribution in [3.8, 4) is 11.5 Å². The summed E-state index contributed by atoms with van der Waals surface area (Å²) in [5, 5.41) is 2.96. The lowest BCUT2D eigenvalue weighted by atomic mass is 10.1. The number of carbonyl (C=O) groups is 3. The SMILES string of the molecule is COC(=O)c1c(NC(=O)COC(=O)/C=C/c2ccc3c(c2)OCO3)sc(C)c1C. The zero-order chi connectivity index (χ0) is 21.0. The molecule has 2 aromatic rings. The number of esters is 2. The molecule has 1 N–H and O–H groups in total. The smallest absolute Gasteiger partial charge is 0.341 e. The standard InChI is InChI=1S/C20H19NO7S/c1-11-12(2)29-19(18(11)20(24)25-3)21-16(22)9-26-17(23)7-5-13-4-6-14-15(8-13)28-10-27-14/h4-8H,9-10H2,1-3H3,(H,21,22)/b7-5+. The number of amides is 1. The van der Waals surface area contributed by atoms with E-state index >= 15 is 0 Å². The maximum absolute atomic E-state index is 12.1. The lowest BCUT2D eigenvalue weighted by molar-refractivity contribution is -0.142. The third kappa shape index (κ3) is 4.75. The van der Waals surface area contributed by atoms with Gasteiger partial charge in [-0.15, -0.1) is 11.3 Å². The van der Waals surface area contributed by atoms with Crippen LogP contribution in [0.2, 0.25) is 0 Å². The monoisotopic (exact) mass is 417 g/mol. The van der Waals surface area contributed by atoms with Crippen LogP contribution in [-0.4, -0.2) is 38.4 Å². The molecule has 0 atom stereocenters. The fourth-order valence-electron chi connectivity index (χ4n) is 2.59. The first kappa shape index (κ1) is 20.4. The van der Waals surface area contributed by atoms with E-state index in [2.05, 4.69) is 5.32 Å². The molecule has 0 fully saturated rings. The molecule has 0 aliphatic carbocycles. The Labute approximate surface area is 171 Å². The first-order valence-electron chi connectivity index (χ1n) is 8.61. The van der Waals surface area contributed by atoms with Crippen molar-refractivity contribution < 1.29 is 33.3 Å². The third-order valence-electron chi connectivity index (χ3n) is 4.18. The lowest BCUT2D eigenvalue weighted by Crippen LogP contribution is -2.21. The van der Waals surface area contributed by atoms with Gasteiger partial charge in [-0.05, 0) is 43.2 Å². The van der Waals surface area contributed by atoms with E-state index in [1.54, 1.807) is 31.2 Å². The first-order valence-corrected chi connectivity index (χ1v) is 9.43. The Morgan fingerprint density at radius 2 is 1.97 bits per heavy atom. The van der Waals surface area contributed by atoms with Gasteiger partial charge in [-0.3, -0.25) is 4.79 Å². The summed E-state index contributed by atoms with van der Waals surface area (Å²) in [7, 11) is 1.27. The Morgan fingerprint density at radius 3 is 2.72 bits per heavy atom. The van der Waals surface area contributed by atoms with Crippen LogP contribution in [0.15, 0.2) is 24.3 Å². The van der Waals surface area contributed by atoms with Crippen LogP contribution in [0.4, 0.5) is 5.00 Å². The van der Waals surface area contributed by atoms with E-state index in [-0.39, 0.29) is 6.79 Å². The molecule has 0 saturated heterocycles. The van der Waals surface area contributed by atoms with Crippen LogP contribution in [0.5, 0.6) is 11.5 Å². The second-order valence-electron chi connectivity index (χ2n) is 6.08. The van der Waals surface area contributed by atoms with E-state index in [0.29, 0.717) is 22.1 Å². The molecule has 29 heavy (non-hydrogen) atoms. The van der Waals surface area contributed by atoms with Crippen molar-refractivity contribution >= 4 is 40.3 Å². The highest BCUT2D eigenvalue weighted by Gasteiger charge is 2.21. The molecule has 8 nitrogen and oxygen atoms in total. The molecule has 0 saturated carbocycles. The summed E-state index contributed by atoms with van der Waals surface area (Å²) in [5.74, 6) is -0.522. The summed E-state index contributed by atoms with van der Waals surface area (Å²) in [6.45, 7) is 3.29. The molecule has 2 heterocycles. The van der Waals surface area contributed by atoms with Crippen LogP contribution in [0.25, 0.3) is 6.08 Å². The molecular weight excluding hydrogens is 398 g/mol. The summed E-state index contributed by atoms with van der Waals surface area (Å²) in [4.78, 5) is 36.8. The number of hydrogen-bond donors (Lipinski definition) is 1. The summed E-state index contributed by atoms with van der Waals surface area (Å²) in [6, 6.07) is 5.24. The number of aryl methyl sites for hydroxylation is 1. The molecule has 1 aliphatic rings. The maximum Gasteiger partial charge on any atom is 0.341 e. The van der Waals surface area contributed by atoms with Crippen LogP contribution < -0.4 is 14.8 Å². The van der Waals surface area contributed by atoms with Gasteiger partial charge in [0.1, 0.15) is 5.00 Å². The molecular formula is C20H19NO7S. The van der Waals surface area contributed by atoms with Crippen LogP contribution >= 0.6 is 11.3 Å². The summed E-state index contributed by atoms with van der Waals surface area (Å²) < 4.78 is 20.2. The second-order valence-corrected chi connectivity index (χ2v) is 7.31. The van der Waals surface area contributed by atoms with Gasteiger partial charge >= 0.3 is 11.9 Å². The number of anilines is 1. The number of ether oxygens (including phenoxy) is 4. The van der Waals surface area contributed by atoms with Gasteiger partial charge in [-0.1, -0.05) is 6.07 Å². The molecule has 0 bridgehead atoms. The molecule has 0 spiro atoms. The topological polar surface area (TPSA) is 100 Å². The normalized spacial score (nSPS) is 12.1. The fraction of sp³-hybridized carbons (Fsp3) is 0.250. The number of nitrogens with one attached hydrogen (secondary N) is 1. The predicted molar refractivity (Wildman–Crippen MR) is 106 cm³/mol. The minimum Gasteiger partial charge on any atom is -0.465 e. The van der Waals surface area contributed by atoms with E-state index in [9.17, 15) is 14.4 Å². The van der Waals surface area contributed by atoms with Crippen molar-refractivity contribution in [2.24, 2.45) is 0 Å². The molecule has 1 amide bonds. The highest BCUT2D eigenvalue weighted by molar-refractivity contribution is 7.16. The number of carbonyl (C=O) groups excluding carboxylic acids is 3. The minimum absolute atomic E-state index is 0.167. The van der Waals surface area contributed by atoms with Gasteiger partial charge < -0.3 is 24.3 Å². The van der Waals surface area contributed by atoms with E-state index in [4.69, 9.17) is 18.9 Å². The van der Waals surface area contributed by atoms with Crippen molar-refractivity contribution in [2.75, 3.05) is 25.8 Å². The lowest BCUT2D eigenvalue weighted by Gasteiger charge is -2.06. The van der Waals surface area contributed by atoms with Gasteiger partial charge in [0.05, 0.1) is 12.7 Å². The molecule has 152 valence electrons. The van der Waals surface area contributed by atoms with Crippen molar-refractivity contribution in [1.29, 1.82) is 0 Å². The van der Waals surface area contributed by atoms with Crippen molar-refractivity contribution in [2.45, 2.75) is 13.8 Å². The van der Waals surface area contributed by atoms with E-state index in [0.717, 1.165) is 16.0 Å². The predicted octanol–water partition coefficient (Wildman–Crippen LogP) is 3.08. The summed E-state index contributed by atoms with van der Waals surface area (Å²) in [6.07, 6.45) is 2.76. The molecule has 1 aliphatic heterocycles. The van der Waals surface area contributed by atoms with Gasteiger partial charge in [-0.2, -0.15) is 0 Å². The van der Waals surface area contributed by atoms with Crippen molar-refractivity contribution in [3.63, 3.8) is 0 Å². The Kier molecular flexibility index (Phi) is 6.18. The zero-order valence-electron chi connectivity index (χ0n) is 16.1. The highest BCUT2D eigenvalue weighted by Crippen LogP contribution is 2.33. The third-order valence-corrected chi connectivity index (χ3v) is 5.30. The van der Waals surface area contributed by atoms with E-state index in [1.807, 2.05) is 6.92 Å². The number of hydrogen-bond acceptors (Lipinski definition) is 8. The molecule has 0 unspecified atom stereocenters. The van der Waals surface area contributed by atoms with Gasteiger partial charge in [0.2, 0.25) is 6.79 Å². The Hall–Kier alpha value is -3.33. The number of rotatable bonds is 6. The largest absolute Gasteiger partial charge is 0.465 e. The Bertz CT molecular complexity index is 993. The molecule has 1 aromatic heterocycles. The summed E-state index contributed by atoms with van der Waals surface area (Å²) in [5.41, 5.74) is 1.76. The van der Waals surface area contributed by atoms with Crippen LogP contribution in [0, 0.1) is 13.8 Å². The number of methoxy groups -OCH3 is 1. The van der Waals surface area contributed by atoms with Crippen molar-refractivity contribution in [3.05, 3.63) is 45.8 Å². The van der Waals surface area contributed by atoms with E-state index < -0.39 is 24.5 Å². The van der Waals surface area contributed by atoms with E-state index in [1.165, 1.54) is 24.5 Å². The fourth-order valence-corrected chi connectivity index (χ4v) is 3.66. The first-order chi connectivity index (χ1) is 13.9. The van der Waals surface area contributed by atoms with Gasteiger partial charge in [0.25, 0.3) is 5.91 Å². The van der Waals surface area contributed by atoms with Crippen LogP contribution in [-0.2, 0) is 19.1 Å². The second kappa shape index (κ2) is 8.78. The van der Waals surface area contributed by atoms with Gasteiger partial charge in [0, 0.05) is 11.0 Å². The molecule has 9 heteroatoms. The number of fused-ring (bicyclic) bond motifs is 1. The van der Waals surface area contributed by atoms with Crippen molar-refractivity contribution in [1.82, 2.24) is 0 Å². The molecule has 3 rings (SSSR count). The van der Waals surface area contributed by atoms with Gasteiger partial charge in [-0.25, -0.2) is 9.59 Å². The average molecular weight is 417 g/mol. The molecule has 1 aromatic carbocycles. The number of thiophene rings is 1. The van der Waals surface area contributed by atoms with Gasteiger partial charge in [0.15, 0.2) is 18.1 Å². The number of benzene rings is 1.